The molecule has 5 rings (SSSR count). The van der Waals surface area contributed by atoms with Crippen LogP contribution in [0.4, 0.5) is 14.7 Å². The van der Waals surface area contributed by atoms with E-state index in [0.29, 0.717) is 29.4 Å². The van der Waals surface area contributed by atoms with Gasteiger partial charge in [0.25, 0.3) is 5.91 Å². The number of hydrogen-bond donors (Lipinski definition) is 1. The number of benzene rings is 3. The Balaban J connectivity index is 1.41. The number of hydrogen-bond acceptors (Lipinski definition) is 3. The molecule has 0 spiro atoms. The number of halogens is 3. The van der Waals surface area contributed by atoms with Gasteiger partial charge in [0.05, 0.1) is 16.4 Å². The SMILES string of the molecule is O=C(CN(CC1CC1)C(=O)c1ccc(F)cc1)Nc1nc(-c2ccccc2)cn1-c1ccc(F)c(Cl)c1. The molecule has 1 aliphatic carbocycles. The molecule has 2 amide bonds. The van der Waals surface area contributed by atoms with Gasteiger partial charge in [-0.2, -0.15) is 0 Å². The first-order valence-electron chi connectivity index (χ1n) is 11.8. The number of rotatable bonds is 8. The van der Waals surface area contributed by atoms with Gasteiger partial charge in [0, 0.05) is 23.9 Å². The minimum atomic E-state index is -0.561. The summed E-state index contributed by atoms with van der Waals surface area (Å²) in [6, 6.07) is 18.9. The quantitative estimate of drug-likeness (QED) is 0.311. The predicted molar refractivity (Wildman–Crippen MR) is 138 cm³/mol. The largest absolute Gasteiger partial charge is 0.329 e. The van der Waals surface area contributed by atoms with E-state index in [-0.39, 0.29) is 23.4 Å². The molecule has 0 unspecified atom stereocenters. The Morgan fingerprint density at radius 1 is 1.03 bits per heavy atom. The molecule has 0 bridgehead atoms. The number of carbonyl (C=O) groups excluding carboxylic acids is 2. The zero-order valence-electron chi connectivity index (χ0n) is 19.7. The minimum Gasteiger partial charge on any atom is -0.329 e. The molecule has 0 aliphatic heterocycles. The highest BCUT2D eigenvalue weighted by Crippen LogP contribution is 2.30. The topological polar surface area (TPSA) is 67.2 Å². The van der Waals surface area contributed by atoms with Gasteiger partial charge in [-0.1, -0.05) is 41.9 Å². The minimum absolute atomic E-state index is 0.0646. The van der Waals surface area contributed by atoms with Crippen molar-refractivity contribution in [3.8, 4) is 16.9 Å². The first kappa shape index (κ1) is 24.6. The van der Waals surface area contributed by atoms with E-state index in [1.807, 2.05) is 30.3 Å². The second-order valence-electron chi connectivity index (χ2n) is 8.97. The third kappa shape index (κ3) is 5.86. The van der Waals surface area contributed by atoms with Gasteiger partial charge in [0.1, 0.15) is 18.2 Å². The first-order valence-corrected chi connectivity index (χ1v) is 12.2. The van der Waals surface area contributed by atoms with Crippen molar-refractivity contribution in [3.05, 3.63) is 101 Å². The second kappa shape index (κ2) is 10.5. The highest BCUT2D eigenvalue weighted by Gasteiger charge is 2.29. The monoisotopic (exact) mass is 520 g/mol. The summed E-state index contributed by atoms with van der Waals surface area (Å²) in [6.07, 6.45) is 3.70. The molecule has 188 valence electrons. The molecule has 0 radical (unpaired) electrons. The average molecular weight is 521 g/mol. The molecule has 6 nitrogen and oxygen atoms in total. The van der Waals surface area contributed by atoms with Crippen LogP contribution < -0.4 is 5.32 Å². The van der Waals surface area contributed by atoms with Gasteiger partial charge in [-0.3, -0.25) is 19.5 Å². The molecular formula is C28H23ClF2N4O2. The third-order valence-corrected chi connectivity index (χ3v) is 6.39. The molecule has 1 N–H and O–H groups in total. The maximum absolute atomic E-state index is 13.8. The molecule has 1 fully saturated rings. The maximum Gasteiger partial charge on any atom is 0.254 e. The van der Waals surface area contributed by atoms with Gasteiger partial charge in [-0.05, 0) is 61.2 Å². The number of anilines is 1. The zero-order chi connectivity index (χ0) is 25.9. The maximum atomic E-state index is 13.8. The Morgan fingerprint density at radius 3 is 2.43 bits per heavy atom. The van der Waals surface area contributed by atoms with E-state index in [2.05, 4.69) is 10.3 Å². The number of aromatic nitrogens is 2. The van der Waals surface area contributed by atoms with Crippen LogP contribution in [-0.2, 0) is 4.79 Å². The van der Waals surface area contributed by atoms with Crippen LogP contribution in [0.2, 0.25) is 5.02 Å². The molecule has 0 saturated heterocycles. The Bertz CT molecular complexity index is 1440. The molecule has 4 aromatic rings. The van der Waals surface area contributed by atoms with Gasteiger partial charge < -0.3 is 4.90 Å². The number of nitrogens with one attached hydrogen (secondary N) is 1. The van der Waals surface area contributed by atoms with Crippen LogP contribution in [-0.4, -0.2) is 39.4 Å². The van der Waals surface area contributed by atoms with Crippen molar-refractivity contribution in [2.45, 2.75) is 12.8 Å². The summed E-state index contributed by atoms with van der Waals surface area (Å²) in [4.78, 5) is 32.3. The van der Waals surface area contributed by atoms with Crippen molar-refractivity contribution in [2.24, 2.45) is 5.92 Å². The fourth-order valence-electron chi connectivity index (χ4n) is 3.99. The Hall–Kier alpha value is -4.04. The predicted octanol–water partition coefficient (Wildman–Crippen LogP) is 5.96. The van der Waals surface area contributed by atoms with Gasteiger partial charge in [0.2, 0.25) is 11.9 Å². The Kier molecular flexibility index (Phi) is 7.01. The van der Waals surface area contributed by atoms with E-state index < -0.39 is 17.5 Å². The van der Waals surface area contributed by atoms with Gasteiger partial charge >= 0.3 is 0 Å². The smallest absolute Gasteiger partial charge is 0.254 e. The number of amides is 2. The van der Waals surface area contributed by atoms with E-state index in [1.165, 1.54) is 47.4 Å². The van der Waals surface area contributed by atoms with E-state index >= 15 is 0 Å². The van der Waals surface area contributed by atoms with E-state index in [9.17, 15) is 18.4 Å². The molecule has 37 heavy (non-hydrogen) atoms. The summed E-state index contributed by atoms with van der Waals surface area (Å²) in [5.41, 5.74) is 2.23. The van der Waals surface area contributed by atoms with Crippen molar-refractivity contribution in [2.75, 3.05) is 18.4 Å². The van der Waals surface area contributed by atoms with Crippen LogP contribution in [0.25, 0.3) is 16.9 Å². The summed E-state index contributed by atoms with van der Waals surface area (Å²) in [7, 11) is 0. The highest BCUT2D eigenvalue weighted by atomic mass is 35.5. The van der Waals surface area contributed by atoms with E-state index in [4.69, 9.17) is 11.6 Å². The summed E-state index contributed by atoms with van der Waals surface area (Å²) in [5, 5.41) is 2.73. The highest BCUT2D eigenvalue weighted by molar-refractivity contribution is 6.30. The Morgan fingerprint density at radius 2 is 1.76 bits per heavy atom. The molecule has 3 aromatic carbocycles. The molecular weight excluding hydrogens is 498 g/mol. The lowest BCUT2D eigenvalue weighted by atomic mass is 10.2. The molecule has 0 atom stereocenters. The third-order valence-electron chi connectivity index (χ3n) is 6.10. The van der Waals surface area contributed by atoms with Crippen molar-refractivity contribution in [3.63, 3.8) is 0 Å². The van der Waals surface area contributed by atoms with Crippen LogP contribution in [0.3, 0.4) is 0 Å². The van der Waals surface area contributed by atoms with Crippen molar-refractivity contribution in [1.82, 2.24) is 14.5 Å². The summed E-state index contributed by atoms with van der Waals surface area (Å²) in [5.74, 6) is -1.26. The lowest BCUT2D eigenvalue weighted by Gasteiger charge is -2.22. The molecule has 1 heterocycles. The van der Waals surface area contributed by atoms with Crippen molar-refractivity contribution < 1.29 is 18.4 Å². The Labute approximate surface area is 217 Å². The molecule has 1 aromatic heterocycles. The fourth-order valence-corrected chi connectivity index (χ4v) is 4.17. The molecule has 1 saturated carbocycles. The molecule has 1 aliphatic rings. The summed E-state index contributed by atoms with van der Waals surface area (Å²) in [6.45, 7) is 0.227. The average Bonchev–Trinajstić information content (AvgIpc) is 3.62. The van der Waals surface area contributed by atoms with Crippen LogP contribution in [0, 0.1) is 17.6 Å². The van der Waals surface area contributed by atoms with Crippen LogP contribution in [0.5, 0.6) is 0 Å². The van der Waals surface area contributed by atoms with Gasteiger partial charge in [0.15, 0.2) is 0 Å². The van der Waals surface area contributed by atoms with E-state index in [1.54, 1.807) is 10.8 Å². The normalized spacial score (nSPS) is 12.8. The number of imidazole rings is 1. The zero-order valence-corrected chi connectivity index (χ0v) is 20.5. The van der Waals surface area contributed by atoms with E-state index in [0.717, 1.165) is 18.4 Å². The van der Waals surface area contributed by atoms with Gasteiger partial charge in [-0.15, -0.1) is 0 Å². The van der Waals surface area contributed by atoms with Crippen LogP contribution >= 0.6 is 11.6 Å². The number of nitrogens with zero attached hydrogens (tertiary/aromatic N) is 3. The van der Waals surface area contributed by atoms with Gasteiger partial charge in [-0.25, -0.2) is 13.8 Å². The summed E-state index contributed by atoms with van der Waals surface area (Å²) >= 11 is 6.01. The lowest BCUT2D eigenvalue weighted by molar-refractivity contribution is -0.117. The number of carbonyl (C=O) groups is 2. The molecule has 9 heteroatoms. The lowest BCUT2D eigenvalue weighted by Crippen LogP contribution is -2.39. The first-order chi connectivity index (χ1) is 17.9. The van der Waals surface area contributed by atoms with Crippen LogP contribution in [0.1, 0.15) is 23.2 Å². The standard InChI is InChI=1S/C28H23ClF2N4O2/c29-23-14-22(12-13-24(23)31)35-16-25(19-4-2-1-3-5-19)32-28(35)33-26(36)17-34(15-18-6-7-18)27(37)20-8-10-21(30)11-9-20/h1-5,8-14,16,18H,6-7,15,17H2,(H,32,33,36). The van der Waals surface area contributed by atoms with Crippen LogP contribution in [0.15, 0.2) is 79.0 Å². The van der Waals surface area contributed by atoms with Crippen molar-refractivity contribution >= 4 is 29.4 Å². The fraction of sp³-hybridized carbons (Fsp3) is 0.179. The second-order valence-corrected chi connectivity index (χ2v) is 9.38. The van der Waals surface area contributed by atoms with Crippen molar-refractivity contribution in [1.29, 1.82) is 0 Å². The summed E-state index contributed by atoms with van der Waals surface area (Å²) < 4.78 is 28.8.